The Morgan fingerprint density at radius 1 is 1.35 bits per heavy atom. The summed E-state index contributed by atoms with van der Waals surface area (Å²) in [6.07, 6.45) is 0.836. The summed E-state index contributed by atoms with van der Waals surface area (Å²) in [5.41, 5.74) is 1.77. The first-order valence-corrected chi connectivity index (χ1v) is 5.07. The molecule has 3 rings (SSSR count). The molecule has 1 aromatic heterocycles. The molecule has 0 fully saturated rings. The number of aromatic carboxylic acids is 1. The zero-order valence-electron chi connectivity index (χ0n) is 8.71. The molecule has 86 valence electrons. The van der Waals surface area contributed by atoms with Crippen LogP contribution < -0.4 is 4.74 Å². The van der Waals surface area contributed by atoms with Crippen LogP contribution in [0.15, 0.2) is 22.6 Å². The highest BCUT2D eigenvalue weighted by Gasteiger charge is 2.17. The Bertz CT molecular complexity index is 591. The first kappa shape index (κ1) is 9.83. The molecule has 2 heterocycles. The lowest BCUT2D eigenvalue weighted by molar-refractivity contribution is 0.0654. The molecule has 17 heavy (non-hydrogen) atoms. The van der Waals surface area contributed by atoms with Crippen molar-refractivity contribution in [2.45, 2.75) is 6.42 Å². The van der Waals surface area contributed by atoms with Gasteiger partial charge in [0.1, 0.15) is 5.75 Å². The van der Waals surface area contributed by atoms with Crippen LogP contribution in [0.2, 0.25) is 0 Å². The summed E-state index contributed by atoms with van der Waals surface area (Å²) in [5, 5.41) is 15.8. The van der Waals surface area contributed by atoms with Gasteiger partial charge in [-0.25, -0.2) is 4.79 Å². The van der Waals surface area contributed by atoms with Crippen LogP contribution in [-0.2, 0) is 6.42 Å². The Kier molecular flexibility index (Phi) is 2.07. The highest BCUT2D eigenvalue weighted by atomic mass is 16.5. The van der Waals surface area contributed by atoms with E-state index in [2.05, 4.69) is 10.2 Å². The third-order valence-electron chi connectivity index (χ3n) is 2.54. The number of carboxylic acid groups (broad SMARTS) is 1. The second kappa shape index (κ2) is 3.58. The summed E-state index contributed by atoms with van der Waals surface area (Å²) in [4.78, 5) is 10.6. The van der Waals surface area contributed by atoms with Crippen molar-refractivity contribution in [3.63, 3.8) is 0 Å². The average molecular weight is 232 g/mol. The monoisotopic (exact) mass is 232 g/mol. The van der Waals surface area contributed by atoms with Crippen molar-refractivity contribution >= 4 is 5.97 Å². The number of benzene rings is 1. The van der Waals surface area contributed by atoms with Gasteiger partial charge in [0.2, 0.25) is 5.89 Å². The molecule has 0 atom stereocenters. The molecule has 1 aliphatic heterocycles. The summed E-state index contributed by atoms with van der Waals surface area (Å²) in [5.74, 6) is -0.575. The smallest absolute Gasteiger partial charge is 0.393 e. The fourth-order valence-electron chi connectivity index (χ4n) is 1.75. The van der Waals surface area contributed by atoms with Crippen molar-refractivity contribution in [3.05, 3.63) is 29.7 Å². The van der Waals surface area contributed by atoms with Crippen molar-refractivity contribution in [2.24, 2.45) is 0 Å². The van der Waals surface area contributed by atoms with Gasteiger partial charge in [0.25, 0.3) is 0 Å². The van der Waals surface area contributed by atoms with E-state index in [0.29, 0.717) is 12.2 Å². The minimum Gasteiger partial charge on any atom is -0.493 e. The molecule has 1 aliphatic rings. The van der Waals surface area contributed by atoms with Crippen molar-refractivity contribution in [3.8, 4) is 17.2 Å². The molecule has 0 amide bonds. The van der Waals surface area contributed by atoms with Crippen molar-refractivity contribution in [1.29, 1.82) is 0 Å². The molecular formula is C11H8N2O4. The quantitative estimate of drug-likeness (QED) is 0.841. The Balaban J connectivity index is 2.00. The third-order valence-corrected chi connectivity index (χ3v) is 2.54. The fourth-order valence-corrected chi connectivity index (χ4v) is 1.75. The number of hydrogen-bond donors (Lipinski definition) is 1. The maximum atomic E-state index is 10.6. The Morgan fingerprint density at radius 3 is 3.00 bits per heavy atom. The minimum atomic E-state index is -1.23. The molecule has 6 nitrogen and oxygen atoms in total. The predicted octanol–water partition coefficient (Wildman–Crippen LogP) is 1.37. The summed E-state index contributed by atoms with van der Waals surface area (Å²) in [6.45, 7) is 0.670. The van der Waals surface area contributed by atoms with Crippen LogP contribution in [0.4, 0.5) is 0 Å². The van der Waals surface area contributed by atoms with Crippen LogP contribution in [0.25, 0.3) is 11.5 Å². The highest BCUT2D eigenvalue weighted by molar-refractivity contribution is 5.82. The van der Waals surface area contributed by atoms with Crippen molar-refractivity contribution < 1.29 is 19.1 Å². The normalized spacial score (nSPS) is 13.2. The molecule has 1 aromatic carbocycles. The lowest BCUT2D eigenvalue weighted by Crippen LogP contribution is -1.95. The Morgan fingerprint density at radius 2 is 2.24 bits per heavy atom. The maximum Gasteiger partial charge on any atom is 0.393 e. The predicted molar refractivity (Wildman–Crippen MR) is 55.9 cm³/mol. The minimum absolute atomic E-state index is 0.206. The van der Waals surface area contributed by atoms with Gasteiger partial charge < -0.3 is 14.3 Å². The summed E-state index contributed by atoms with van der Waals surface area (Å²) < 4.78 is 10.4. The molecule has 0 saturated heterocycles. The molecule has 0 radical (unpaired) electrons. The van der Waals surface area contributed by atoms with Gasteiger partial charge in [-0.05, 0) is 23.8 Å². The summed E-state index contributed by atoms with van der Waals surface area (Å²) >= 11 is 0. The zero-order valence-corrected chi connectivity index (χ0v) is 8.71. The number of ether oxygens (including phenoxy) is 1. The van der Waals surface area contributed by atoms with Crippen LogP contribution in [0, 0.1) is 0 Å². The first-order valence-electron chi connectivity index (χ1n) is 5.07. The molecule has 0 spiro atoms. The van der Waals surface area contributed by atoms with Crippen LogP contribution in [-0.4, -0.2) is 27.9 Å². The summed E-state index contributed by atoms with van der Waals surface area (Å²) in [7, 11) is 0. The van der Waals surface area contributed by atoms with Crippen LogP contribution in [0.1, 0.15) is 16.2 Å². The zero-order chi connectivity index (χ0) is 11.8. The maximum absolute atomic E-state index is 10.6. The van der Waals surface area contributed by atoms with E-state index >= 15 is 0 Å². The Hall–Kier alpha value is -2.37. The van der Waals surface area contributed by atoms with Crippen LogP contribution >= 0.6 is 0 Å². The van der Waals surface area contributed by atoms with Crippen molar-refractivity contribution in [1.82, 2.24) is 10.2 Å². The van der Waals surface area contributed by atoms with Gasteiger partial charge in [0.05, 0.1) is 6.61 Å². The van der Waals surface area contributed by atoms with E-state index in [1.165, 1.54) is 0 Å². The van der Waals surface area contributed by atoms with E-state index < -0.39 is 11.9 Å². The lowest BCUT2D eigenvalue weighted by atomic mass is 10.1. The fraction of sp³-hybridized carbons (Fsp3) is 0.182. The number of rotatable bonds is 2. The van der Waals surface area contributed by atoms with Gasteiger partial charge in [-0.2, -0.15) is 0 Å². The number of fused-ring (bicyclic) bond motifs is 1. The topological polar surface area (TPSA) is 85.5 Å². The van der Waals surface area contributed by atoms with Crippen molar-refractivity contribution in [2.75, 3.05) is 6.61 Å². The number of nitrogens with zero attached hydrogens (tertiary/aromatic N) is 2. The molecule has 6 heteroatoms. The number of carboxylic acids is 1. The lowest BCUT2D eigenvalue weighted by Gasteiger charge is -1.99. The molecular weight excluding hydrogens is 224 g/mol. The SMILES string of the molecule is O=C(O)c1nnc(-c2ccc3c(c2)CCO3)o1. The third kappa shape index (κ3) is 1.63. The van der Waals surface area contributed by atoms with E-state index in [4.69, 9.17) is 14.3 Å². The van der Waals surface area contributed by atoms with Crippen LogP contribution in [0.5, 0.6) is 5.75 Å². The molecule has 0 aliphatic carbocycles. The van der Waals surface area contributed by atoms with Gasteiger partial charge in [-0.1, -0.05) is 0 Å². The number of carbonyl (C=O) groups is 1. The standard InChI is InChI=1S/C11H8N2O4/c14-11(15)10-13-12-9(17-10)7-1-2-8-6(5-7)3-4-16-8/h1-2,5H,3-4H2,(H,14,15). The van der Waals surface area contributed by atoms with Crippen LogP contribution in [0.3, 0.4) is 0 Å². The second-order valence-corrected chi connectivity index (χ2v) is 3.64. The number of hydrogen-bond acceptors (Lipinski definition) is 5. The molecule has 0 bridgehead atoms. The van der Waals surface area contributed by atoms with Gasteiger partial charge in [0.15, 0.2) is 0 Å². The van der Waals surface area contributed by atoms with Gasteiger partial charge >= 0.3 is 11.9 Å². The molecule has 1 N–H and O–H groups in total. The second-order valence-electron chi connectivity index (χ2n) is 3.64. The first-order chi connectivity index (χ1) is 8.24. The molecule has 2 aromatic rings. The van der Waals surface area contributed by atoms with E-state index in [0.717, 1.165) is 17.7 Å². The average Bonchev–Trinajstić information content (AvgIpc) is 2.97. The van der Waals surface area contributed by atoms with Gasteiger partial charge in [0, 0.05) is 12.0 Å². The van der Waals surface area contributed by atoms with E-state index in [-0.39, 0.29) is 5.89 Å². The van der Waals surface area contributed by atoms with Gasteiger partial charge in [-0.3, -0.25) is 0 Å². The Labute approximate surface area is 95.8 Å². The van der Waals surface area contributed by atoms with Gasteiger partial charge in [-0.15, -0.1) is 10.2 Å². The van der Waals surface area contributed by atoms with E-state index in [9.17, 15) is 4.79 Å². The summed E-state index contributed by atoms with van der Waals surface area (Å²) in [6, 6.07) is 5.47. The molecule has 0 unspecified atom stereocenters. The number of aromatic nitrogens is 2. The molecule has 0 saturated carbocycles. The largest absolute Gasteiger partial charge is 0.493 e. The van der Waals surface area contributed by atoms with E-state index in [1.807, 2.05) is 12.1 Å². The highest BCUT2D eigenvalue weighted by Crippen LogP contribution is 2.29. The van der Waals surface area contributed by atoms with E-state index in [1.54, 1.807) is 6.07 Å².